The van der Waals surface area contributed by atoms with Gasteiger partial charge in [-0.1, -0.05) is 29.8 Å². The Kier molecular flexibility index (Phi) is 6.56. The van der Waals surface area contributed by atoms with Gasteiger partial charge in [-0.3, -0.25) is 18.6 Å². The minimum absolute atomic E-state index is 0.0635. The molecule has 2 aromatic carbocycles. The minimum atomic E-state index is -2.84. The van der Waals surface area contributed by atoms with Crippen LogP contribution in [0.4, 0.5) is 4.39 Å². The molecule has 3 aromatic rings. The van der Waals surface area contributed by atoms with Gasteiger partial charge in [-0.15, -0.1) is 0 Å². The monoisotopic (exact) mass is 462 g/mol. The largest absolute Gasteiger partial charge is 0.348 e. The molecule has 0 saturated carbocycles. The molecule has 0 aliphatic heterocycles. The van der Waals surface area contributed by atoms with Crippen LogP contribution in [0.5, 0.6) is 0 Å². The van der Waals surface area contributed by atoms with E-state index < -0.39 is 33.1 Å². The van der Waals surface area contributed by atoms with Crippen molar-refractivity contribution < 1.29 is 13.4 Å². The maximum absolute atomic E-state index is 13.8. The van der Waals surface area contributed by atoms with Crippen LogP contribution in [0.3, 0.4) is 0 Å². The highest BCUT2D eigenvalue weighted by Gasteiger charge is 2.20. The standard InChI is InChI=1S/C21H20ClFN4O3S/c1-13(12-31(2,24)30)25-20(28)18-11-19(14-6-8-15(22)9-7-14)26-27(21(18)29)17-5-3-4-16(23)10-17/h3-11,13,24H,12H2,1-2H3,(H,25,28)/t13-,31-/m0/s1. The number of hydrogen-bond donors (Lipinski definition) is 2. The number of nitrogens with one attached hydrogen (secondary N) is 2. The summed E-state index contributed by atoms with van der Waals surface area (Å²) in [5.41, 5.74) is 0.0999. The summed E-state index contributed by atoms with van der Waals surface area (Å²) in [6, 6.07) is 12.7. The number of hydrogen-bond acceptors (Lipinski definition) is 5. The third kappa shape index (κ3) is 5.77. The van der Waals surface area contributed by atoms with Crippen LogP contribution in [0.1, 0.15) is 17.3 Å². The van der Waals surface area contributed by atoms with Crippen molar-refractivity contribution >= 4 is 27.2 Å². The number of carbonyl (C=O) groups is 1. The maximum Gasteiger partial charge on any atom is 0.284 e. The lowest BCUT2D eigenvalue weighted by Crippen LogP contribution is -2.40. The maximum atomic E-state index is 13.8. The molecule has 0 bridgehead atoms. The second kappa shape index (κ2) is 8.99. The molecule has 7 nitrogen and oxygen atoms in total. The highest BCUT2D eigenvalue weighted by Crippen LogP contribution is 2.20. The molecule has 162 valence electrons. The number of benzene rings is 2. The Morgan fingerprint density at radius 3 is 2.55 bits per heavy atom. The molecule has 0 radical (unpaired) electrons. The van der Waals surface area contributed by atoms with E-state index >= 15 is 0 Å². The molecular formula is C21H20ClFN4O3S. The molecule has 2 N–H and O–H groups in total. The van der Waals surface area contributed by atoms with E-state index in [4.69, 9.17) is 16.4 Å². The van der Waals surface area contributed by atoms with E-state index in [1.54, 1.807) is 31.2 Å². The molecule has 0 aliphatic rings. The van der Waals surface area contributed by atoms with Gasteiger partial charge < -0.3 is 5.32 Å². The minimum Gasteiger partial charge on any atom is -0.348 e. The van der Waals surface area contributed by atoms with Crippen molar-refractivity contribution in [2.75, 3.05) is 12.0 Å². The van der Waals surface area contributed by atoms with Crippen LogP contribution in [-0.2, 0) is 9.73 Å². The van der Waals surface area contributed by atoms with E-state index in [0.29, 0.717) is 16.3 Å². The highest BCUT2D eigenvalue weighted by molar-refractivity contribution is 7.91. The molecule has 1 aromatic heterocycles. The molecule has 0 fully saturated rings. The average molecular weight is 463 g/mol. The summed E-state index contributed by atoms with van der Waals surface area (Å²) < 4.78 is 34.0. The van der Waals surface area contributed by atoms with E-state index in [1.165, 1.54) is 30.5 Å². The van der Waals surface area contributed by atoms with E-state index in [9.17, 15) is 18.2 Å². The van der Waals surface area contributed by atoms with Gasteiger partial charge in [0.25, 0.3) is 11.5 Å². The van der Waals surface area contributed by atoms with Crippen molar-refractivity contribution in [2.24, 2.45) is 0 Å². The number of aromatic nitrogens is 2. The van der Waals surface area contributed by atoms with E-state index in [1.807, 2.05) is 0 Å². The van der Waals surface area contributed by atoms with Gasteiger partial charge in [0.05, 0.1) is 17.1 Å². The van der Waals surface area contributed by atoms with Crippen molar-refractivity contribution in [3.63, 3.8) is 0 Å². The first-order valence-electron chi connectivity index (χ1n) is 9.22. The van der Waals surface area contributed by atoms with E-state index in [-0.39, 0.29) is 17.0 Å². The molecule has 10 heteroatoms. The second-order valence-corrected chi connectivity index (χ2v) is 9.97. The van der Waals surface area contributed by atoms with Crippen molar-refractivity contribution in [2.45, 2.75) is 13.0 Å². The predicted molar refractivity (Wildman–Crippen MR) is 119 cm³/mol. The highest BCUT2D eigenvalue weighted by atomic mass is 35.5. The van der Waals surface area contributed by atoms with Crippen LogP contribution in [-0.4, -0.2) is 37.9 Å². The Morgan fingerprint density at radius 2 is 1.94 bits per heavy atom. The zero-order chi connectivity index (χ0) is 22.8. The zero-order valence-corrected chi connectivity index (χ0v) is 18.3. The Bertz CT molecular complexity index is 1290. The number of carbonyl (C=O) groups excluding carboxylic acids is 1. The first-order chi connectivity index (χ1) is 14.5. The van der Waals surface area contributed by atoms with Crippen molar-refractivity contribution in [3.05, 3.63) is 81.4 Å². The number of rotatable bonds is 6. The van der Waals surface area contributed by atoms with Gasteiger partial charge in [0.2, 0.25) is 0 Å². The second-order valence-electron chi connectivity index (χ2n) is 7.19. The molecular weight excluding hydrogens is 443 g/mol. The summed E-state index contributed by atoms with van der Waals surface area (Å²) in [6.45, 7) is 1.60. The molecule has 2 atom stereocenters. The van der Waals surface area contributed by atoms with Crippen molar-refractivity contribution in [1.82, 2.24) is 15.1 Å². The summed E-state index contributed by atoms with van der Waals surface area (Å²) in [4.78, 5) is 25.9. The van der Waals surface area contributed by atoms with E-state index in [2.05, 4.69) is 10.4 Å². The summed E-state index contributed by atoms with van der Waals surface area (Å²) in [5, 5.41) is 7.41. The SMILES string of the molecule is C[C@@H](C[S@@](C)(=N)=O)NC(=O)c1cc(-c2ccc(Cl)cc2)nn(-c2cccc(F)c2)c1=O. The molecule has 31 heavy (non-hydrogen) atoms. The quantitative estimate of drug-likeness (QED) is 0.585. The van der Waals surface area contributed by atoms with Crippen LogP contribution in [0.15, 0.2) is 59.4 Å². The predicted octanol–water partition coefficient (Wildman–Crippen LogP) is 3.49. The van der Waals surface area contributed by atoms with Crippen LogP contribution < -0.4 is 10.9 Å². The van der Waals surface area contributed by atoms with Gasteiger partial charge in [0, 0.05) is 32.6 Å². The van der Waals surface area contributed by atoms with Crippen molar-refractivity contribution in [1.29, 1.82) is 4.78 Å². The summed E-state index contributed by atoms with van der Waals surface area (Å²) in [6.07, 6.45) is 1.28. The molecule has 0 spiro atoms. The molecule has 3 rings (SSSR count). The summed E-state index contributed by atoms with van der Waals surface area (Å²) in [7, 11) is -2.84. The van der Waals surface area contributed by atoms with Gasteiger partial charge >= 0.3 is 0 Å². The van der Waals surface area contributed by atoms with Crippen LogP contribution in [0, 0.1) is 10.6 Å². The number of nitrogens with zero attached hydrogens (tertiary/aromatic N) is 2. The first-order valence-corrected chi connectivity index (χ1v) is 11.7. The van der Waals surface area contributed by atoms with Crippen LogP contribution >= 0.6 is 11.6 Å². The molecule has 0 saturated heterocycles. The molecule has 0 aliphatic carbocycles. The fourth-order valence-corrected chi connectivity index (χ4v) is 4.19. The smallest absolute Gasteiger partial charge is 0.284 e. The van der Waals surface area contributed by atoms with Crippen LogP contribution in [0.25, 0.3) is 16.9 Å². The van der Waals surface area contributed by atoms with E-state index in [0.717, 1.165) is 10.7 Å². The molecule has 1 heterocycles. The van der Waals surface area contributed by atoms with Gasteiger partial charge in [-0.05, 0) is 43.3 Å². The normalized spacial score (nSPS) is 13.9. The first kappa shape index (κ1) is 22.6. The molecule has 0 unspecified atom stereocenters. The summed E-state index contributed by atoms with van der Waals surface area (Å²) >= 11 is 5.94. The third-order valence-electron chi connectivity index (χ3n) is 4.29. The lowest BCUT2D eigenvalue weighted by atomic mass is 10.1. The fraction of sp³-hybridized carbons (Fsp3) is 0.190. The van der Waals surface area contributed by atoms with Gasteiger partial charge in [0.1, 0.15) is 11.4 Å². The molecule has 1 amide bonds. The fourth-order valence-electron chi connectivity index (χ4n) is 3.02. The average Bonchev–Trinajstić information content (AvgIpc) is 2.67. The lowest BCUT2D eigenvalue weighted by molar-refractivity contribution is 0.0941. The van der Waals surface area contributed by atoms with Crippen molar-refractivity contribution in [3.8, 4) is 16.9 Å². The Balaban J connectivity index is 2.12. The number of halogens is 2. The Morgan fingerprint density at radius 1 is 1.26 bits per heavy atom. The topological polar surface area (TPSA) is 105 Å². The zero-order valence-electron chi connectivity index (χ0n) is 16.8. The Hall–Kier alpha value is -3.04. The number of amides is 1. The summed E-state index contributed by atoms with van der Waals surface area (Å²) in [5.74, 6) is -1.33. The van der Waals surface area contributed by atoms with Gasteiger partial charge in [-0.25, -0.2) is 4.39 Å². The third-order valence-corrected chi connectivity index (χ3v) is 5.68. The Labute approximate surface area is 183 Å². The van der Waals surface area contributed by atoms with Crippen LogP contribution in [0.2, 0.25) is 5.02 Å². The van der Waals surface area contributed by atoms with Gasteiger partial charge in [-0.2, -0.15) is 9.78 Å². The van der Waals surface area contributed by atoms with Gasteiger partial charge in [0.15, 0.2) is 0 Å². The lowest BCUT2D eigenvalue weighted by Gasteiger charge is -2.15.